The molecule has 0 spiro atoms. The molecule has 5 N–H and O–H groups in total. The molecular formula is C5H14N2O2S. The van der Waals surface area contributed by atoms with Crippen LogP contribution in [-0.4, -0.2) is 29.4 Å². The number of nitrogens with two attached hydrogens (primary N) is 2. The van der Waals surface area contributed by atoms with Crippen LogP contribution < -0.4 is 11.5 Å². The van der Waals surface area contributed by atoms with E-state index in [1.165, 1.54) is 0 Å². The first-order chi connectivity index (χ1) is 4.59. The number of aliphatic hydroxyl groups excluding tert-OH is 1. The highest BCUT2D eigenvalue weighted by molar-refractivity contribution is 7.80. The van der Waals surface area contributed by atoms with E-state index in [1.807, 2.05) is 0 Å². The molecule has 0 aliphatic heterocycles. The molecule has 0 aliphatic carbocycles. The molecule has 0 aromatic carbocycles. The van der Waals surface area contributed by atoms with E-state index in [1.54, 1.807) is 6.92 Å². The van der Waals surface area contributed by atoms with Crippen molar-refractivity contribution in [3.05, 3.63) is 0 Å². The number of amides is 1. The summed E-state index contributed by atoms with van der Waals surface area (Å²) in [6, 6.07) is -0.594. The van der Waals surface area contributed by atoms with Gasteiger partial charge in [0.1, 0.15) is 0 Å². The first-order valence-corrected chi connectivity index (χ1v) is 3.50. The van der Waals surface area contributed by atoms with Crippen LogP contribution >= 0.6 is 12.6 Å². The van der Waals surface area contributed by atoms with E-state index in [-0.39, 0.29) is 6.61 Å². The van der Waals surface area contributed by atoms with Gasteiger partial charge in [-0.3, -0.25) is 4.79 Å². The quantitative estimate of drug-likeness (QED) is 0.385. The van der Waals surface area contributed by atoms with Crippen molar-refractivity contribution in [3.63, 3.8) is 0 Å². The molecule has 1 amide bonds. The molecule has 0 radical (unpaired) electrons. The highest BCUT2D eigenvalue weighted by atomic mass is 32.1. The van der Waals surface area contributed by atoms with E-state index >= 15 is 0 Å². The summed E-state index contributed by atoms with van der Waals surface area (Å²) in [6.45, 7) is 1.93. The lowest BCUT2D eigenvalue weighted by atomic mass is 10.4. The van der Waals surface area contributed by atoms with Gasteiger partial charge in [0.25, 0.3) is 0 Å². The Kier molecular flexibility index (Phi) is 10.9. The normalized spacial score (nSPS) is 11.2. The van der Waals surface area contributed by atoms with Gasteiger partial charge in [0.2, 0.25) is 5.91 Å². The molecule has 0 bridgehead atoms. The average Bonchev–Trinajstić information content (AvgIpc) is 1.88. The molecule has 0 saturated heterocycles. The van der Waals surface area contributed by atoms with E-state index in [0.717, 1.165) is 0 Å². The number of primary amides is 1. The Balaban J connectivity index is 0. The fourth-order valence-electron chi connectivity index (χ4n) is 0.0900. The summed E-state index contributed by atoms with van der Waals surface area (Å²) < 4.78 is 0. The fourth-order valence-corrected chi connectivity index (χ4v) is 0.270. The van der Waals surface area contributed by atoms with Crippen LogP contribution in [-0.2, 0) is 4.79 Å². The lowest BCUT2D eigenvalue weighted by Gasteiger charge is -1.98. The molecule has 4 nitrogen and oxygen atoms in total. The van der Waals surface area contributed by atoms with Gasteiger partial charge in [0.05, 0.1) is 6.04 Å². The van der Waals surface area contributed by atoms with E-state index in [9.17, 15) is 4.79 Å². The molecule has 0 rings (SSSR count). The number of aliphatic hydroxyl groups is 1. The molecule has 0 aromatic rings. The zero-order chi connectivity index (χ0) is 8.57. The van der Waals surface area contributed by atoms with Crippen molar-refractivity contribution in [1.29, 1.82) is 0 Å². The van der Waals surface area contributed by atoms with Crippen LogP contribution in [0.25, 0.3) is 0 Å². The maximum Gasteiger partial charge on any atom is 0.235 e. The minimum absolute atomic E-state index is 0.250. The van der Waals surface area contributed by atoms with E-state index in [2.05, 4.69) is 12.6 Å². The Morgan fingerprint density at radius 2 is 2.10 bits per heavy atom. The molecule has 1 unspecified atom stereocenters. The van der Waals surface area contributed by atoms with Crippen molar-refractivity contribution < 1.29 is 9.90 Å². The first kappa shape index (κ1) is 12.4. The third-order valence-corrected chi connectivity index (χ3v) is 0.956. The highest BCUT2D eigenvalue weighted by Gasteiger charge is 2.03. The number of carbonyl (C=O) groups excluding carboxylic acids is 1. The Labute approximate surface area is 66.0 Å². The SMILES string of the molecule is CCO.NC(=O)C(N)CS. The number of thiol groups is 1. The molecular weight excluding hydrogens is 152 g/mol. The summed E-state index contributed by atoms with van der Waals surface area (Å²) in [7, 11) is 0. The van der Waals surface area contributed by atoms with Crippen molar-refractivity contribution in [1.82, 2.24) is 0 Å². The molecule has 0 aromatic heterocycles. The summed E-state index contributed by atoms with van der Waals surface area (Å²) in [5, 5.41) is 7.57. The van der Waals surface area contributed by atoms with E-state index < -0.39 is 11.9 Å². The van der Waals surface area contributed by atoms with Gasteiger partial charge in [0.15, 0.2) is 0 Å². The largest absolute Gasteiger partial charge is 0.397 e. The van der Waals surface area contributed by atoms with Crippen LogP contribution in [0.4, 0.5) is 0 Å². The predicted octanol–water partition coefficient (Wildman–Crippen LogP) is -1.27. The maximum absolute atomic E-state index is 9.98. The van der Waals surface area contributed by atoms with Gasteiger partial charge >= 0.3 is 0 Å². The smallest absolute Gasteiger partial charge is 0.235 e. The minimum Gasteiger partial charge on any atom is -0.397 e. The second-order valence-electron chi connectivity index (χ2n) is 1.51. The van der Waals surface area contributed by atoms with Crippen molar-refractivity contribution >= 4 is 18.5 Å². The summed E-state index contributed by atoms with van der Waals surface area (Å²) in [5.41, 5.74) is 9.80. The third-order valence-electron chi connectivity index (χ3n) is 0.562. The second kappa shape index (κ2) is 8.74. The van der Waals surface area contributed by atoms with Gasteiger partial charge in [-0.05, 0) is 6.92 Å². The van der Waals surface area contributed by atoms with Crippen molar-refractivity contribution in [2.75, 3.05) is 12.4 Å². The van der Waals surface area contributed by atoms with Gasteiger partial charge in [-0.1, -0.05) is 0 Å². The van der Waals surface area contributed by atoms with Crippen molar-refractivity contribution in [2.24, 2.45) is 11.5 Å². The number of hydrogen-bond donors (Lipinski definition) is 4. The number of rotatable bonds is 2. The molecule has 5 heteroatoms. The summed E-state index contributed by atoms with van der Waals surface area (Å²) >= 11 is 3.73. The summed E-state index contributed by atoms with van der Waals surface area (Å²) in [5.74, 6) is -0.190. The van der Waals surface area contributed by atoms with Gasteiger partial charge in [0, 0.05) is 12.4 Å². The molecule has 0 fully saturated rings. The Bertz CT molecular complexity index is 89.7. The van der Waals surface area contributed by atoms with Gasteiger partial charge in [-0.15, -0.1) is 0 Å². The van der Waals surface area contributed by atoms with E-state index in [4.69, 9.17) is 16.6 Å². The molecule has 10 heavy (non-hydrogen) atoms. The summed E-state index contributed by atoms with van der Waals surface area (Å²) in [6.07, 6.45) is 0. The fraction of sp³-hybridized carbons (Fsp3) is 0.800. The molecule has 0 saturated carbocycles. The molecule has 0 heterocycles. The van der Waals surface area contributed by atoms with Crippen molar-refractivity contribution in [3.8, 4) is 0 Å². The van der Waals surface area contributed by atoms with Gasteiger partial charge < -0.3 is 16.6 Å². The topological polar surface area (TPSA) is 89.3 Å². The van der Waals surface area contributed by atoms with Crippen LogP contribution in [0, 0.1) is 0 Å². The average molecular weight is 166 g/mol. The lowest BCUT2D eigenvalue weighted by molar-refractivity contribution is -0.118. The Morgan fingerprint density at radius 1 is 1.80 bits per heavy atom. The monoisotopic (exact) mass is 166 g/mol. The standard InChI is InChI=1S/C3H8N2OS.C2H6O/c4-2(1-7)3(5)6;1-2-3/h2,7H,1,4H2,(H2,5,6);3H,2H2,1H3. The van der Waals surface area contributed by atoms with Gasteiger partial charge in [-0.25, -0.2) is 0 Å². The molecule has 62 valence electrons. The van der Waals surface area contributed by atoms with Crippen LogP contribution in [0.2, 0.25) is 0 Å². The summed E-state index contributed by atoms with van der Waals surface area (Å²) in [4.78, 5) is 9.98. The first-order valence-electron chi connectivity index (χ1n) is 2.86. The third kappa shape index (κ3) is 10.7. The molecule has 0 aliphatic rings. The Hall–Kier alpha value is -0.260. The number of carbonyl (C=O) groups is 1. The predicted molar refractivity (Wildman–Crippen MR) is 43.8 cm³/mol. The Morgan fingerprint density at radius 3 is 2.10 bits per heavy atom. The van der Waals surface area contributed by atoms with Crippen molar-refractivity contribution in [2.45, 2.75) is 13.0 Å². The van der Waals surface area contributed by atoms with Crippen LogP contribution in [0.5, 0.6) is 0 Å². The lowest BCUT2D eigenvalue weighted by Crippen LogP contribution is -2.37. The molecule has 1 atom stereocenters. The zero-order valence-corrected chi connectivity index (χ0v) is 6.84. The second-order valence-corrected chi connectivity index (χ2v) is 1.87. The zero-order valence-electron chi connectivity index (χ0n) is 5.95. The van der Waals surface area contributed by atoms with Gasteiger partial charge in [-0.2, -0.15) is 12.6 Å². The maximum atomic E-state index is 9.98. The van der Waals surface area contributed by atoms with Crippen LogP contribution in [0.1, 0.15) is 6.92 Å². The van der Waals surface area contributed by atoms with Crippen LogP contribution in [0.15, 0.2) is 0 Å². The van der Waals surface area contributed by atoms with E-state index in [0.29, 0.717) is 5.75 Å². The minimum atomic E-state index is -0.594. The van der Waals surface area contributed by atoms with Crippen LogP contribution in [0.3, 0.4) is 0 Å². The number of hydrogen-bond acceptors (Lipinski definition) is 4. The highest BCUT2D eigenvalue weighted by Crippen LogP contribution is 1.77.